The molecule has 2 saturated heterocycles. The van der Waals surface area contributed by atoms with E-state index in [9.17, 15) is 4.79 Å². The minimum Gasteiger partial charge on any atom is -0.376 e. The monoisotopic (exact) mass is 324 g/mol. The summed E-state index contributed by atoms with van der Waals surface area (Å²) < 4.78 is 6.64. The van der Waals surface area contributed by atoms with Gasteiger partial charge < -0.3 is 9.64 Å². The van der Waals surface area contributed by atoms with Crippen molar-refractivity contribution >= 4 is 21.8 Å². The third kappa shape index (κ3) is 2.67. The van der Waals surface area contributed by atoms with Crippen LogP contribution in [0, 0.1) is 0 Å². The predicted octanol–water partition coefficient (Wildman–Crippen LogP) is 2.63. The SMILES string of the molecule is O=C(c1ccc(Br)cn1)N1CCC[C@H]1[C@@H]1CCCO1. The Kier molecular flexibility index (Phi) is 3.84. The summed E-state index contributed by atoms with van der Waals surface area (Å²) in [6, 6.07) is 3.87. The van der Waals surface area contributed by atoms with Gasteiger partial charge in [-0.25, -0.2) is 4.98 Å². The van der Waals surface area contributed by atoms with Crippen LogP contribution < -0.4 is 0 Å². The molecule has 0 saturated carbocycles. The van der Waals surface area contributed by atoms with Crippen LogP contribution in [0.1, 0.15) is 36.2 Å². The van der Waals surface area contributed by atoms with Crippen LogP contribution in [-0.2, 0) is 4.74 Å². The molecule has 0 bridgehead atoms. The highest BCUT2D eigenvalue weighted by Gasteiger charge is 2.37. The first-order valence-corrected chi connectivity index (χ1v) is 7.59. The average Bonchev–Trinajstić information content (AvgIpc) is 3.09. The molecule has 2 aliphatic rings. The second-order valence-electron chi connectivity index (χ2n) is 5.12. The maximum Gasteiger partial charge on any atom is 0.272 e. The molecule has 0 aromatic carbocycles. The summed E-state index contributed by atoms with van der Waals surface area (Å²) in [5.41, 5.74) is 0.521. The lowest BCUT2D eigenvalue weighted by Gasteiger charge is -2.28. The third-order valence-electron chi connectivity index (χ3n) is 3.90. The third-order valence-corrected chi connectivity index (χ3v) is 4.37. The molecule has 0 unspecified atom stereocenters. The molecule has 19 heavy (non-hydrogen) atoms. The summed E-state index contributed by atoms with van der Waals surface area (Å²) in [6.45, 7) is 1.65. The van der Waals surface area contributed by atoms with Crippen LogP contribution in [0.2, 0.25) is 0 Å². The van der Waals surface area contributed by atoms with Crippen molar-refractivity contribution in [3.63, 3.8) is 0 Å². The first-order valence-electron chi connectivity index (χ1n) is 6.80. The van der Waals surface area contributed by atoms with Crippen LogP contribution in [0.25, 0.3) is 0 Å². The molecule has 4 nitrogen and oxygen atoms in total. The Labute approximate surface area is 121 Å². The number of hydrogen-bond acceptors (Lipinski definition) is 3. The lowest BCUT2D eigenvalue weighted by Crippen LogP contribution is -2.42. The second-order valence-corrected chi connectivity index (χ2v) is 6.04. The molecule has 0 spiro atoms. The summed E-state index contributed by atoms with van der Waals surface area (Å²) in [6.07, 6.45) is 6.19. The Morgan fingerprint density at radius 1 is 1.37 bits per heavy atom. The zero-order chi connectivity index (χ0) is 13.2. The van der Waals surface area contributed by atoms with E-state index in [1.807, 2.05) is 11.0 Å². The Balaban J connectivity index is 1.76. The molecule has 2 aliphatic heterocycles. The predicted molar refractivity (Wildman–Crippen MR) is 75.0 cm³/mol. The fourth-order valence-corrected chi connectivity index (χ4v) is 3.22. The summed E-state index contributed by atoms with van der Waals surface area (Å²) >= 11 is 3.34. The molecule has 2 atom stereocenters. The van der Waals surface area contributed by atoms with Crippen molar-refractivity contribution in [2.75, 3.05) is 13.2 Å². The minimum absolute atomic E-state index is 0.0329. The molecule has 0 aliphatic carbocycles. The number of halogens is 1. The number of hydrogen-bond donors (Lipinski definition) is 0. The van der Waals surface area contributed by atoms with Crippen molar-refractivity contribution in [1.82, 2.24) is 9.88 Å². The average molecular weight is 325 g/mol. The maximum atomic E-state index is 12.5. The number of carbonyl (C=O) groups excluding carboxylic acids is 1. The summed E-state index contributed by atoms with van der Waals surface area (Å²) in [5.74, 6) is 0.0329. The molecule has 3 rings (SSSR count). The Bertz CT molecular complexity index is 457. The van der Waals surface area contributed by atoms with Gasteiger partial charge in [-0.05, 0) is 53.7 Å². The Morgan fingerprint density at radius 2 is 2.26 bits per heavy atom. The smallest absolute Gasteiger partial charge is 0.272 e. The van der Waals surface area contributed by atoms with Gasteiger partial charge in [-0.2, -0.15) is 0 Å². The number of rotatable bonds is 2. The lowest BCUT2D eigenvalue weighted by atomic mass is 10.1. The molecule has 3 heterocycles. The van der Waals surface area contributed by atoms with Crippen LogP contribution in [0.5, 0.6) is 0 Å². The number of amides is 1. The van der Waals surface area contributed by atoms with Crippen molar-refractivity contribution in [2.24, 2.45) is 0 Å². The first-order chi connectivity index (χ1) is 9.25. The molecule has 0 N–H and O–H groups in total. The van der Waals surface area contributed by atoms with Gasteiger partial charge >= 0.3 is 0 Å². The Morgan fingerprint density at radius 3 is 2.95 bits per heavy atom. The van der Waals surface area contributed by atoms with E-state index in [1.54, 1.807) is 12.3 Å². The molecule has 102 valence electrons. The number of pyridine rings is 1. The van der Waals surface area contributed by atoms with Gasteiger partial charge in [-0.1, -0.05) is 0 Å². The van der Waals surface area contributed by atoms with Crippen molar-refractivity contribution < 1.29 is 9.53 Å². The van der Waals surface area contributed by atoms with E-state index in [0.29, 0.717) is 5.69 Å². The number of carbonyl (C=O) groups is 1. The van der Waals surface area contributed by atoms with Crippen LogP contribution >= 0.6 is 15.9 Å². The zero-order valence-corrected chi connectivity index (χ0v) is 12.3. The van der Waals surface area contributed by atoms with Gasteiger partial charge in [0.15, 0.2) is 0 Å². The minimum atomic E-state index is 0.0329. The van der Waals surface area contributed by atoms with Crippen LogP contribution in [0.15, 0.2) is 22.8 Å². The van der Waals surface area contributed by atoms with E-state index in [-0.39, 0.29) is 18.1 Å². The lowest BCUT2D eigenvalue weighted by molar-refractivity contribution is 0.0337. The van der Waals surface area contributed by atoms with E-state index in [0.717, 1.165) is 43.3 Å². The summed E-state index contributed by atoms with van der Waals surface area (Å²) in [7, 11) is 0. The van der Waals surface area contributed by atoms with Gasteiger partial charge in [-0.15, -0.1) is 0 Å². The number of likely N-dealkylation sites (tertiary alicyclic amines) is 1. The van der Waals surface area contributed by atoms with Crippen molar-refractivity contribution in [1.29, 1.82) is 0 Å². The maximum absolute atomic E-state index is 12.5. The van der Waals surface area contributed by atoms with Crippen LogP contribution in [0.3, 0.4) is 0 Å². The summed E-state index contributed by atoms with van der Waals surface area (Å²) in [5, 5.41) is 0. The molecule has 5 heteroatoms. The van der Waals surface area contributed by atoms with E-state index in [2.05, 4.69) is 20.9 Å². The van der Waals surface area contributed by atoms with E-state index in [4.69, 9.17) is 4.74 Å². The molecular formula is C14H17BrN2O2. The second kappa shape index (κ2) is 5.59. The fraction of sp³-hybridized carbons (Fsp3) is 0.571. The molecule has 2 fully saturated rings. The van der Waals surface area contributed by atoms with Crippen LogP contribution in [0.4, 0.5) is 0 Å². The first kappa shape index (κ1) is 13.1. The fourth-order valence-electron chi connectivity index (χ4n) is 2.99. The van der Waals surface area contributed by atoms with Gasteiger partial charge in [-0.3, -0.25) is 4.79 Å². The molecule has 1 aromatic rings. The Hall–Kier alpha value is -0.940. The molecule has 1 aromatic heterocycles. The largest absolute Gasteiger partial charge is 0.376 e. The van der Waals surface area contributed by atoms with E-state index >= 15 is 0 Å². The number of nitrogens with zero attached hydrogens (tertiary/aromatic N) is 2. The van der Waals surface area contributed by atoms with E-state index < -0.39 is 0 Å². The molecule has 1 amide bonds. The van der Waals surface area contributed by atoms with Crippen molar-refractivity contribution in [3.8, 4) is 0 Å². The topological polar surface area (TPSA) is 42.4 Å². The highest BCUT2D eigenvalue weighted by atomic mass is 79.9. The standard InChI is InChI=1S/C14H17BrN2O2/c15-10-5-6-11(16-9-10)14(18)17-7-1-3-12(17)13-4-2-8-19-13/h5-6,9,12-13H,1-4,7-8H2/t12-,13-/m0/s1. The highest BCUT2D eigenvalue weighted by Crippen LogP contribution is 2.28. The number of ether oxygens (including phenoxy) is 1. The quantitative estimate of drug-likeness (QED) is 0.839. The van der Waals surface area contributed by atoms with Gasteiger partial charge in [0, 0.05) is 23.8 Å². The highest BCUT2D eigenvalue weighted by molar-refractivity contribution is 9.10. The van der Waals surface area contributed by atoms with Gasteiger partial charge in [0.1, 0.15) is 5.69 Å². The van der Waals surface area contributed by atoms with Gasteiger partial charge in [0.25, 0.3) is 5.91 Å². The normalized spacial score (nSPS) is 26.9. The van der Waals surface area contributed by atoms with Crippen molar-refractivity contribution in [2.45, 2.75) is 37.8 Å². The molecule has 0 radical (unpaired) electrons. The zero-order valence-electron chi connectivity index (χ0n) is 10.7. The van der Waals surface area contributed by atoms with Gasteiger partial charge in [0.05, 0.1) is 12.1 Å². The number of aromatic nitrogens is 1. The van der Waals surface area contributed by atoms with E-state index in [1.165, 1.54) is 0 Å². The van der Waals surface area contributed by atoms with Crippen molar-refractivity contribution in [3.05, 3.63) is 28.5 Å². The van der Waals surface area contributed by atoms with Gasteiger partial charge in [0.2, 0.25) is 0 Å². The molecular weight excluding hydrogens is 308 g/mol. The van der Waals surface area contributed by atoms with Crippen LogP contribution in [-0.4, -0.2) is 41.1 Å². The summed E-state index contributed by atoms with van der Waals surface area (Å²) in [4.78, 5) is 18.7.